The fourth-order valence-electron chi connectivity index (χ4n) is 3.85. The maximum atomic E-state index is 13.6. The standard InChI is InChI=1S/C24H22N2O2/c1-25-22(27)17-21(18-11-5-2-6-12-18)26(23(25)19-13-7-3-8-14-19)24(28)20-15-9-4-10-16-20/h2-16,21,23H,17H2,1H3/t21-,23-/m1/s1. The van der Waals surface area contributed by atoms with Gasteiger partial charge in [0.25, 0.3) is 5.91 Å². The van der Waals surface area contributed by atoms with Crippen molar-refractivity contribution in [3.8, 4) is 0 Å². The Balaban J connectivity index is 1.85. The van der Waals surface area contributed by atoms with Crippen molar-refractivity contribution in [2.45, 2.75) is 18.6 Å². The Bertz CT molecular complexity index is 958. The van der Waals surface area contributed by atoms with Crippen molar-refractivity contribution in [2.24, 2.45) is 0 Å². The van der Waals surface area contributed by atoms with E-state index in [9.17, 15) is 9.59 Å². The fraction of sp³-hybridized carbons (Fsp3) is 0.167. The van der Waals surface area contributed by atoms with Crippen LogP contribution in [0.3, 0.4) is 0 Å². The van der Waals surface area contributed by atoms with Gasteiger partial charge in [-0.2, -0.15) is 0 Å². The summed E-state index contributed by atoms with van der Waals surface area (Å²) in [5, 5.41) is 0. The summed E-state index contributed by atoms with van der Waals surface area (Å²) in [4.78, 5) is 30.0. The van der Waals surface area contributed by atoms with Gasteiger partial charge in [0.15, 0.2) is 0 Å². The number of benzene rings is 3. The van der Waals surface area contributed by atoms with E-state index >= 15 is 0 Å². The Morgan fingerprint density at radius 1 is 0.786 bits per heavy atom. The molecule has 0 aliphatic carbocycles. The summed E-state index contributed by atoms with van der Waals surface area (Å²) >= 11 is 0. The highest BCUT2D eigenvalue weighted by Crippen LogP contribution is 2.40. The predicted octanol–water partition coefficient (Wildman–Crippen LogP) is 4.43. The van der Waals surface area contributed by atoms with Gasteiger partial charge in [0.2, 0.25) is 5.91 Å². The van der Waals surface area contributed by atoms with E-state index < -0.39 is 6.17 Å². The Hall–Kier alpha value is -3.40. The third-order valence-electron chi connectivity index (χ3n) is 5.26. The van der Waals surface area contributed by atoms with Crippen LogP contribution in [0.5, 0.6) is 0 Å². The highest BCUT2D eigenvalue weighted by molar-refractivity contribution is 5.96. The molecule has 4 rings (SSSR count). The zero-order valence-electron chi connectivity index (χ0n) is 15.7. The van der Waals surface area contributed by atoms with Gasteiger partial charge in [0, 0.05) is 12.6 Å². The molecule has 0 aromatic heterocycles. The minimum absolute atomic E-state index is 0.0276. The second kappa shape index (κ2) is 7.69. The molecule has 0 unspecified atom stereocenters. The van der Waals surface area contributed by atoms with E-state index in [-0.39, 0.29) is 24.3 Å². The van der Waals surface area contributed by atoms with Gasteiger partial charge >= 0.3 is 0 Å². The van der Waals surface area contributed by atoms with Crippen molar-refractivity contribution in [3.63, 3.8) is 0 Å². The van der Waals surface area contributed by atoms with Crippen LogP contribution in [0, 0.1) is 0 Å². The Labute approximate surface area is 165 Å². The zero-order valence-corrected chi connectivity index (χ0v) is 15.7. The van der Waals surface area contributed by atoms with Crippen LogP contribution in [0.25, 0.3) is 0 Å². The predicted molar refractivity (Wildman–Crippen MR) is 108 cm³/mol. The number of nitrogens with zero attached hydrogens (tertiary/aromatic N) is 2. The molecule has 0 radical (unpaired) electrons. The van der Waals surface area contributed by atoms with Crippen molar-refractivity contribution >= 4 is 11.8 Å². The molecule has 2 atom stereocenters. The highest BCUT2D eigenvalue weighted by Gasteiger charge is 2.42. The second-order valence-corrected chi connectivity index (χ2v) is 7.00. The number of hydrogen-bond acceptors (Lipinski definition) is 2. The summed E-state index contributed by atoms with van der Waals surface area (Å²) < 4.78 is 0. The molecule has 28 heavy (non-hydrogen) atoms. The van der Waals surface area contributed by atoms with E-state index in [1.807, 2.05) is 95.9 Å². The van der Waals surface area contributed by atoms with Crippen LogP contribution in [0.4, 0.5) is 0 Å². The molecule has 0 saturated carbocycles. The van der Waals surface area contributed by atoms with Crippen molar-refractivity contribution in [2.75, 3.05) is 7.05 Å². The average Bonchev–Trinajstić information content (AvgIpc) is 2.76. The molecule has 1 aliphatic heterocycles. The average molecular weight is 370 g/mol. The number of rotatable bonds is 3. The Kier molecular flexibility index (Phi) is 4.94. The molecule has 4 nitrogen and oxygen atoms in total. The van der Waals surface area contributed by atoms with Gasteiger partial charge < -0.3 is 9.80 Å². The molecule has 0 N–H and O–H groups in total. The first-order valence-corrected chi connectivity index (χ1v) is 9.40. The van der Waals surface area contributed by atoms with E-state index in [0.29, 0.717) is 5.56 Å². The lowest BCUT2D eigenvalue weighted by Crippen LogP contribution is -2.52. The van der Waals surface area contributed by atoms with Gasteiger partial charge in [0.1, 0.15) is 6.17 Å². The van der Waals surface area contributed by atoms with Crippen LogP contribution in [0.15, 0.2) is 91.0 Å². The van der Waals surface area contributed by atoms with Gasteiger partial charge in [-0.05, 0) is 23.3 Å². The third kappa shape index (κ3) is 3.29. The lowest BCUT2D eigenvalue weighted by molar-refractivity contribution is -0.144. The Morgan fingerprint density at radius 2 is 1.29 bits per heavy atom. The SMILES string of the molecule is CN1C(=O)C[C@H](c2ccccc2)N(C(=O)c2ccccc2)[C@@H]1c1ccccc1. The summed E-state index contributed by atoms with van der Waals surface area (Å²) in [6.45, 7) is 0. The van der Waals surface area contributed by atoms with Gasteiger partial charge in [-0.25, -0.2) is 0 Å². The topological polar surface area (TPSA) is 40.6 Å². The first-order chi connectivity index (χ1) is 13.7. The van der Waals surface area contributed by atoms with Crippen molar-refractivity contribution < 1.29 is 9.59 Å². The number of carbonyl (C=O) groups excluding carboxylic acids is 2. The maximum Gasteiger partial charge on any atom is 0.256 e. The summed E-state index contributed by atoms with van der Waals surface area (Å²) in [5.74, 6) is -0.0533. The lowest BCUT2D eigenvalue weighted by atomic mass is 9.94. The monoisotopic (exact) mass is 370 g/mol. The number of carbonyl (C=O) groups is 2. The van der Waals surface area contributed by atoms with E-state index in [2.05, 4.69) is 0 Å². The summed E-state index contributed by atoms with van der Waals surface area (Å²) in [6.07, 6.45) is -0.192. The zero-order chi connectivity index (χ0) is 19.5. The third-order valence-corrected chi connectivity index (χ3v) is 5.26. The molecule has 1 saturated heterocycles. The van der Waals surface area contributed by atoms with Gasteiger partial charge in [-0.15, -0.1) is 0 Å². The maximum absolute atomic E-state index is 13.6. The molecule has 0 spiro atoms. The quantitative estimate of drug-likeness (QED) is 0.684. The van der Waals surface area contributed by atoms with Crippen LogP contribution in [0.2, 0.25) is 0 Å². The van der Waals surface area contributed by atoms with Crippen molar-refractivity contribution in [3.05, 3.63) is 108 Å². The second-order valence-electron chi connectivity index (χ2n) is 7.00. The van der Waals surface area contributed by atoms with Crippen molar-refractivity contribution in [1.82, 2.24) is 9.80 Å². The first kappa shape index (κ1) is 18.0. The van der Waals surface area contributed by atoms with Gasteiger partial charge in [-0.1, -0.05) is 78.9 Å². The largest absolute Gasteiger partial charge is 0.321 e. The summed E-state index contributed by atoms with van der Waals surface area (Å²) in [7, 11) is 1.77. The van der Waals surface area contributed by atoms with Gasteiger partial charge in [0.05, 0.1) is 12.5 Å². The number of hydrogen-bond donors (Lipinski definition) is 0. The molecule has 1 heterocycles. The molecule has 0 bridgehead atoms. The molecule has 3 aromatic carbocycles. The summed E-state index contributed by atoms with van der Waals surface area (Å²) in [5.41, 5.74) is 2.50. The smallest absolute Gasteiger partial charge is 0.256 e. The van der Waals surface area contributed by atoms with E-state index in [1.165, 1.54) is 0 Å². The Morgan fingerprint density at radius 3 is 1.86 bits per heavy atom. The van der Waals surface area contributed by atoms with Crippen LogP contribution in [-0.4, -0.2) is 28.7 Å². The normalized spacial score (nSPS) is 19.5. The molecule has 4 heteroatoms. The minimum atomic E-state index is -0.458. The molecule has 2 amide bonds. The van der Waals surface area contributed by atoms with Crippen LogP contribution < -0.4 is 0 Å². The fourth-order valence-corrected chi connectivity index (χ4v) is 3.85. The molecule has 3 aromatic rings. The van der Waals surface area contributed by atoms with Crippen molar-refractivity contribution in [1.29, 1.82) is 0 Å². The number of amides is 2. The highest BCUT2D eigenvalue weighted by atomic mass is 16.2. The van der Waals surface area contributed by atoms with E-state index in [1.54, 1.807) is 11.9 Å². The molecule has 140 valence electrons. The summed E-state index contributed by atoms with van der Waals surface area (Å²) in [6, 6.07) is 28.5. The van der Waals surface area contributed by atoms with E-state index in [4.69, 9.17) is 0 Å². The first-order valence-electron chi connectivity index (χ1n) is 9.40. The van der Waals surface area contributed by atoms with Crippen LogP contribution >= 0.6 is 0 Å². The molecule has 1 aliphatic rings. The van der Waals surface area contributed by atoms with Crippen LogP contribution in [-0.2, 0) is 4.79 Å². The molecular formula is C24H22N2O2. The van der Waals surface area contributed by atoms with Gasteiger partial charge in [-0.3, -0.25) is 9.59 Å². The minimum Gasteiger partial charge on any atom is -0.321 e. The molecular weight excluding hydrogens is 348 g/mol. The molecule has 1 fully saturated rings. The lowest BCUT2D eigenvalue weighted by Gasteiger charge is -2.47. The van der Waals surface area contributed by atoms with E-state index in [0.717, 1.165) is 11.1 Å². The van der Waals surface area contributed by atoms with Crippen LogP contribution in [0.1, 0.15) is 40.1 Å².